The van der Waals surface area contributed by atoms with Crippen molar-refractivity contribution < 1.29 is 23.0 Å². The Morgan fingerprint density at radius 3 is 2.39 bits per heavy atom. The maximum absolute atomic E-state index is 13.2. The highest BCUT2D eigenvalue weighted by Crippen LogP contribution is 2.43. The van der Waals surface area contributed by atoms with Crippen LogP contribution in [-0.2, 0) is 4.79 Å². The number of hydrogen-bond acceptors (Lipinski definition) is 4. The van der Waals surface area contributed by atoms with Crippen LogP contribution < -0.4 is 14.4 Å². The van der Waals surface area contributed by atoms with Gasteiger partial charge in [0, 0.05) is 17.3 Å². The highest BCUT2D eigenvalue weighted by Gasteiger charge is 2.43. The molecule has 1 amide bonds. The fourth-order valence-corrected chi connectivity index (χ4v) is 3.28. The Labute approximate surface area is 158 Å². The van der Waals surface area contributed by atoms with Gasteiger partial charge in [0.05, 0.1) is 11.4 Å². The second-order valence-electron chi connectivity index (χ2n) is 6.25. The van der Waals surface area contributed by atoms with Crippen molar-refractivity contribution in [2.75, 3.05) is 4.90 Å². The van der Waals surface area contributed by atoms with Gasteiger partial charge in [-0.25, -0.2) is 4.99 Å². The predicted molar refractivity (Wildman–Crippen MR) is 98.9 cm³/mol. The van der Waals surface area contributed by atoms with E-state index >= 15 is 0 Å². The van der Waals surface area contributed by atoms with E-state index in [-0.39, 0.29) is 23.1 Å². The summed E-state index contributed by atoms with van der Waals surface area (Å²) >= 11 is 0. The Morgan fingerprint density at radius 2 is 1.57 bits per heavy atom. The average molecular weight is 378 g/mol. The number of aliphatic imine (C=N–C) groups is 1. The normalized spacial score (nSPS) is 17.9. The van der Waals surface area contributed by atoms with Crippen molar-refractivity contribution >= 4 is 28.7 Å². The first kappa shape index (κ1) is 16.4. The number of nitrogens with zero attached hydrogens (tertiary/aromatic N) is 2. The molecule has 0 fully saturated rings. The van der Waals surface area contributed by atoms with Crippen LogP contribution in [0.2, 0.25) is 0 Å². The van der Waals surface area contributed by atoms with Crippen LogP contribution in [0.3, 0.4) is 0 Å². The van der Waals surface area contributed by atoms with Gasteiger partial charge in [0.25, 0.3) is 5.91 Å². The van der Waals surface area contributed by atoms with Crippen LogP contribution in [0.4, 0.5) is 25.8 Å². The second kappa shape index (κ2) is 5.88. The molecule has 0 atom stereocenters. The molecule has 0 N–H and O–H groups in total. The molecule has 0 radical (unpaired) electrons. The highest BCUT2D eigenvalue weighted by atomic mass is 19.3. The summed E-state index contributed by atoms with van der Waals surface area (Å²) in [7, 11) is 0. The molecule has 0 saturated heterocycles. The molecular weight excluding hydrogens is 366 g/mol. The third-order valence-corrected chi connectivity index (χ3v) is 4.45. The zero-order valence-corrected chi connectivity index (χ0v) is 14.3. The van der Waals surface area contributed by atoms with Gasteiger partial charge in [-0.05, 0) is 30.3 Å². The van der Waals surface area contributed by atoms with E-state index in [1.807, 2.05) is 48.5 Å². The zero-order chi connectivity index (χ0) is 19.3. The number of rotatable bonds is 2. The van der Waals surface area contributed by atoms with Gasteiger partial charge in [-0.15, -0.1) is 8.78 Å². The fourth-order valence-electron chi connectivity index (χ4n) is 3.28. The van der Waals surface area contributed by atoms with E-state index in [0.29, 0.717) is 16.9 Å². The highest BCUT2D eigenvalue weighted by molar-refractivity contribution is 6.56. The zero-order valence-electron chi connectivity index (χ0n) is 14.3. The molecule has 7 heteroatoms. The number of halogens is 2. The van der Waals surface area contributed by atoms with Crippen molar-refractivity contribution in [3.8, 4) is 11.5 Å². The van der Waals surface area contributed by atoms with E-state index in [2.05, 4.69) is 14.5 Å². The van der Waals surface area contributed by atoms with E-state index in [4.69, 9.17) is 0 Å². The topological polar surface area (TPSA) is 51.1 Å². The molecule has 0 bridgehead atoms. The summed E-state index contributed by atoms with van der Waals surface area (Å²) in [6.07, 6.45) is -3.70. The average Bonchev–Trinajstić information content (AvgIpc) is 3.14. The number of anilines is 2. The van der Waals surface area contributed by atoms with Gasteiger partial charge >= 0.3 is 6.29 Å². The minimum atomic E-state index is -3.70. The number of hydrogen-bond donors (Lipinski definition) is 0. The van der Waals surface area contributed by atoms with Crippen molar-refractivity contribution in [1.82, 2.24) is 0 Å². The number of amides is 1. The Bertz CT molecular complexity index is 1130. The minimum absolute atomic E-state index is 0.0713. The van der Waals surface area contributed by atoms with Crippen molar-refractivity contribution in [3.63, 3.8) is 0 Å². The molecule has 2 heterocycles. The van der Waals surface area contributed by atoms with E-state index in [0.717, 1.165) is 5.69 Å². The summed E-state index contributed by atoms with van der Waals surface area (Å²) in [6.45, 7) is 0. The lowest BCUT2D eigenvalue weighted by Crippen LogP contribution is -2.25. The quantitative estimate of drug-likeness (QED) is 0.643. The van der Waals surface area contributed by atoms with Gasteiger partial charge in [0.1, 0.15) is 5.71 Å². The van der Waals surface area contributed by atoms with Gasteiger partial charge in [-0.1, -0.05) is 36.4 Å². The maximum atomic E-state index is 13.2. The van der Waals surface area contributed by atoms with Gasteiger partial charge < -0.3 is 9.47 Å². The van der Waals surface area contributed by atoms with Crippen molar-refractivity contribution in [1.29, 1.82) is 0 Å². The van der Waals surface area contributed by atoms with Crippen LogP contribution >= 0.6 is 0 Å². The van der Waals surface area contributed by atoms with Crippen LogP contribution in [0.5, 0.6) is 11.5 Å². The number of carbonyl (C=O) groups excluding carboxylic acids is 1. The molecule has 28 heavy (non-hydrogen) atoms. The summed E-state index contributed by atoms with van der Waals surface area (Å²) in [6, 6.07) is 20.7. The number of carbonyl (C=O) groups is 1. The molecular formula is C21H12F2N2O3. The summed E-state index contributed by atoms with van der Waals surface area (Å²) < 4.78 is 35.3. The van der Waals surface area contributed by atoms with Crippen molar-refractivity contribution in [2.45, 2.75) is 6.29 Å². The number of alkyl halides is 2. The lowest BCUT2D eigenvalue weighted by Gasteiger charge is -2.16. The van der Waals surface area contributed by atoms with Gasteiger partial charge in [-0.3, -0.25) is 9.69 Å². The Hall–Kier alpha value is -3.74. The molecule has 2 aliphatic rings. The first-order valence-electron chi connectivity index (χ1n) is 8.49. The number of benzene rings is 3. The summed E-state index contributed by atoms with van der Waals surface area (Å²) in [4.78, 5) is 19.1. The van der Waals surface area contributed by atoms with Gasteiger partial charge in [0.2, 0.25) is 0 Å². The third kappa shape index (κ3) is 2.60. The van der Waals surface area contributed by atoms with E-state index in [1.165, 1.54) is 18.2 Å². The first-order chi connectivity index (χ1) is 13.5. The number of fused-ring (bicyclic) bond motifs is 2. The lowest BCUT2D eigenvalue weighted by molar-refractivity contribution is -0.286. The fraction of sp³-hybridized carbons (Fsp3) is 0.0476. The van der Waals surface area contributed by atoms with Crippen LogP contribution in [0, 0.1) is 0 Å². The van der Waals surface area contributed by atoms with Gasteiger partial charge in [-0.2, -0.15) is 0 Å². The SMILES string of the molecule is O=C1C(=Nc2ccc3c(c2)OC(F)(F)O3)c2ccccc2N1c1ccccc1. The second-order valence-corrected chi connectivity index (χ2v) is 6.25. The Morgan fingerprint density at radius 1 is 0.857 bits per heavy atom. The molecule has 0 saturated carbocycles. The van der Waals surface area contributed by atoms with Crippen molar-refractivity contribution in [2.24, 2.45) is 4.99 Å². The van der Waals surface area contributed by atoms with Crippen LogP contribution in [0.15, 0.2) is 77.8 Å². The Kier molecular flexibility index (Phi) is 3.45. The monoisotopic (exact) mass is 378 g/mol. The molecule has 138 valence electrons. The molecule has 0 spiro atoms. The molecule has 5 rings (SSSR count). The van der Waals surface area contributed by atoms with E-state index in [9.17, 15) is 13.6 Å². The minimum Gasteiger partial charge on any atom is -0.395 e. The molecule has 2 aliphatic heterocycles. The van der Waals surface area contributed by atoms with Crippen molar-refractivity contribution in [3.05, 3.63) is 78.4 Å². The molecule has 3 aromatic rings. The molecule has 5 nitrogen and oxygen atoms in total. The van der Waals surface area contributed by atoms with Crippen LogP contribution in [-0.4, -0.2) is 17.9 Å². The molecule has 0 unspecified atom stereocenters. The number of para-hydroxylation sites is 2. The summed E-state index contributed by atoms with van der Waals surface area (Å²) in [5.74, 6) is -0.487. The van der Waals surface area contributed by atoms with Crippen LogP contribution in [0.25, 0.3) is 0 Å². The molecule has 0 aromatic heterocycles. The lowest BCUT2D eigenvalue weighted by atomic mass is 10.1. The predicted octanol–water partition coefficient (Wildman–Crippen LogP) is 4.81. The molecule has 3 aromatic carbocycles. The van der Waals surface area contributed by atoms with Gasteiger partial charge in [0.15, 0.2) is 11.5 Å². The smallest absolute Gasteiger partial charge is 0.395 e. The third-order valence-electron chi connectivity index (χ3n) is 4.45. The Balaban J connectivity index is 1.59. The summed E-state index contributed by atoms with van der Waals surface area (Å²) in [5.41, 5.74) is 2.64. The van der Waals surface area contributed by atoms with E-state index in [1.54, 1.807) is 11.0 Å². The maximum Gasteiger partial charge on any atom is 0.586 e. The summed E-state index contributed by atoms with van der Waals surface area (Å²) in [5, 5.41) is 0. The largest absolute Gasteiger partial charge is 0.586 e. The van der Waals surface area contributed by atoms with E-state index < -0.39 is 6.29 Å². The standard InChI is InChI=1S/C21H12F2N2O3/c22-21(23)27-17-11-10-13(12-18(17)28-21)24-19-15-8-4-5-9-16(15)25(20(19)26)14-6-2-1-3-7-14/h1-12H. The first-order valence-corrected chi connectivity index (χ1v) is 8.49. The van der Waals surface area contributed by atoms with Crippen LogP contribution in [0.1, 0.15) is 5.56 Å². The molecule has 0 aliphatic carbocycles. The number of ether oxygens (including phenoxy) is 2.